The molecular formula is C23H16F2N4O3. The summed E-state index contributed by atoms with van der Waals surface area (Å²) in [5, 5.41) is 2.97. The van der Waals surface area contributed by atoms with Crippen LogP contribution in [0.2, 0.25) is 0 Å². The van der Waals surface area contributed by atoms with E-state index in [0.29, 0.717) is 23.4 Å². The zero-order valence-electron chi connectivity index (χ0n) is 16.5. The number of amides is 1. The number of hydrogen-bond donors (Lipinski definition) is 2. The van der Waals surface area contributed by atoms with Gasteiger partial charge in [0.05, 0.1) is 23.1 Å². The van der Waals surface area contributed by atoms with Crippen LogP contribution in [-0.4, -0.2) is 27.1 Å². The summed E-state index contributed by atoms with van der Waals surface area (Å²) in [5.41, 5.74) is 3.80. The number of pyridine rings is 1. The summed E-state index contributed by atoms with van der Waals surface area (Å²) in [5.74, 6) is 0.332. The van der Waals surface area contributed by atoms with E-state index in [0.717, 1.165) is 22.2 Å². The number of nitrogens with one attached hydrogen (secondary N) is 2. The number of rotatable bonds is 3. The van der Waals surface area contributed by atoms with E-state index in [1.54, 1.807) is 18.3 Å². The van der Waals surface area contributed by atoms with E-state index in [1.807, 2.05) is 22.8 Å². The normalized spacial score (nSPS) is 18.9. The van der Waals surface area contributed by atoms with Gasteiger partial charge in [-0.05, 0) is 47.9 Å². The highest BCUT2D eigenvalue weighted by Crippen LogP contribution is 2.47. The van der Waals surface area contributed by atoms with Crippen LogP contribution in [0.3, 0.4) is 0 Å². The molecule has 32 heavy (non-hydrogen) atoms. The highest BCUT2D eigenvalue weighted by Gasteiger charge is 2.42. The predicted octanol–water partition coefficient (Wildman–Crippen LogP) is 3.77. The fourth-order valence-electron chi connectivity index (χ4n) is 4.78. The Morgan fingerprint density at radius 1 is 1.09 bits per heavy atom. The van der Waals surface area contributed by atoms with Crippen LogP contribution in [0.1, 0.15) is 40.3 Å². The molecule has 6 rings (SSSR count). The summed E-state index contributed by atoms with van der Waals surface area (Å²) in [6.45, 7) is -3.00. The summed E-state index contributed by atoms with van der Waals surface area (Å²) >= 11 is 0. The second-order valence-corrected chi connectivity index (χ2v) is 7.86. The molecule has 0 saturated heterocycles. The molecule has 9 heteroatoms. The molecule has 2 aliphatic rings. The number of ether oxygens (including phenoxy) is 1. The first-order valence-electron chi connectivity index (χ1n) is 10.1. The lowest BCUT2D eigenvalue weighted by molar-refractivity contribution is -0.0507. The highest BCUT2D eigenvalue weighted by molar-refractivity contribution is 5.98. The maximum Gasteiger partial charge on any atom is 0.387 e. The van der Waals surface area contributed by atoms with Crippen molar-refractivity contribution in [2.75, 3.05) is 0 Å². The number of nitrogens with zero attached hydrogens (tertiary/aromatic N) is 2. The first-order chi connectivity index (χ1) is 15.5. The molecule has 0 spiro atoms. The number of carbonyl (C=O) groups excluding carboxylic acids is 1. The van der Waals surface area contributed by atoms with Gasteiger partial charge < -0.3 is 19.6 Å². The number of imidazole rings is 1. The van der Waals surface area contributed by atoms with Crippen molar-refractivity contribution in [1.82, 2.24) is 19.9 Å². The van der Waals surface area contributed by atoms with E-state index < -0.39 is 12.7 Å². The topological polar surface area (TPSA) is 89.0 Å². The van der Waals surface area contributed by atoms with E-state index in [1.165, 1.54) is 18.2 Å². The lowest BCUT2D eigenvalue weighted by Crippen LogP contribution is -2.28. The van der Waals surface area contributed by atoms with Gasteiger partial charge in [-0.2, -0.15) is 8.78 Å². The van der Waals surface area contributed by atoms with Crippen molar-refractivity contribution in [3.05, 3.63) is 82.0 Å². The minimum atomic E-state index is -3.00. The largest absolute Gasteiger partial charge is 0.434 e. The van der Waals surface area contributed by atoms with Gasteiger partial charge in [-0.15, -0.1) is 0 Å². The van der Waals surface area contributed by atoms with Gasteiger partial charge >= 0.3 is 6.61 Å². The quantitative estimate of drug-likeness (QED) is 0.514. The Kier molecular flexibility index (Phi) is 3.95. The highest BCUT2D eigenvalue weighted by atomic mass is 19.3. The van der Waals surface area contributed by atoms with Crippen LogP contribution in [-0.2, 0) is 0 Å². The third-order valence-corrected chi connectivity index (χ3v) is 6.08. The van der Waals surface area contributed by atoms with Crippen molar-refractivity contribution in [3.8, 4) is 16.9 Å². The van der Waals surface area contributed by atoms with Crippen molar-refractivity contribution in [3.63, 3.8) is 0 Å². The second-order valence-electron chi connectivity index (χ2n) is 7.86. The van der Waals surface area contributed by atoms with Gasteiger partial charge in [0, 0.05) is 23.4 Å². The van der Waals surface area contributed by atoms with Crippen molar-refractivity contribution < 1.29 is 18.3 Å². The van der Waals surface area contributed by atoms with Crippen molar-refractivity contribution in [1.29, 1.82) is 0 Å². The van der Waals surface area contributed by atoms with Crippen molar-refractivity contribution in [2.24, 2.45) is 0 Å². The molecule has 2 bridgehead atoms. The zero-order valence-corrected chi connectivity index (χ0v) is 16.5. The van der Waals surface area contributed by atoms with Gasteiger partial charge in [0.25, 0.3) is 5.91 Å². The SMILES string of the molecule is O=C1N[C@H]2C[C@@H](c3c(OC(F)F)cccc31)n1c2nc2ccc(-c3ccc(=O)[nH]c3)cc21. The zero-order chi connectivity index (χ0) is 22.0. The lowest BCUT2D eigenvalue weighted by Gasteiger charge is -2.21. The van der Waals surface area contributed by atoms with Gasteiger partial charge in [-0.1, -0.05) is 12.1 Å². The number of H-pyrrole nitrogens is 1. The molecule has 2 aromatic heterocycles. The Labute approximate surface area is 179 Å². The Bertz CT molecular complexity index is 1440. The van der Waals surface area contributed by atoms with Gasteiger partial charge in [0.2, 0.25) is 5.56 Å². The number of alkyl halides is 2. The Morgan fingerprint density at radius 2 is 1.94 bits per heavy atom. The van der Waals surface area contributed by atoms with E-state index in [2.05, 4.69) is 10.3 Å². The number of aromatic amines is 1. The minimum absolute atomic E-state index is 0.00945. The van der Waals surface area contributed by atoms with Crippen LogP contribution >= 0.6 is 0 Å². The smallest absolute Gasteiger partial charge is 0.387 e. The lowest BCUT2D eigenvalue weighted by atomic mass is 9.97. The Balaban J connectivity index is 1.57. The van der Waals surface area contributed by atoms with Crippen LogP contribution in [0.25, 0.3) is 22.2 Å². The molecule has 0 unspecified atom stereocenters. The second kappa shape index (κ2) is 6.74. The molecule has 0 fully saturated rings. The molecule has 4 heterocycles. The van der Waals surface area contributed by atoms with Crippen LogP contribution in [0.15, 0.2) is 59.5 Å². The molecule has 2 aliphatic heterocycles. The Hall–Kier alpha value is -4.01. The monoisotopic (exact) mass is 434 g/mol. The standard InChI is InChI=1S/C23H16F2N4O3/c24-23(25)32-18-3-1-2-13-20(18)17-9-15(28-22(13)31)21-27-14-6-4-11(8-16(14)29(17)21)12-5-7-19(30)26-10-12/h1-8,10,15,17,23H,9H2,(H,26,30)(H,28,31)/t15-,17-/m0/s1. The van der Waals surface area contributed by atoms with Crippen molar-refractivity contribution in [2.45, 2.75) is 25.1 Å². The van der Waals surface area contributed by atoms with Gasteiger partial charge in [-0.3, -0.25) is 9.59 Å². The number of benzene rings is 2. The summed E-state index contributed by atoms with van der Waals surface area (Å²) in [6.07, 6.45) is 2.13. The third-order valence-electron chi connectivity index (χ3n) is 6.08. The maximum atomic E-state index is 13.1. The number of halogens is 2. The molecule has 7 nitrogen and oxygen atoms in total. The number of aromatic nitrogens is 3. The Morgan fingerprint density at radius 3 is 2.72 bits per heavy atom. The molecule has 0 aliphatic carbocycles. The first kappa shape index (κ1) is 18.7. The molecular weight excluding hydrogens is 418 g/mol. The molecule has 4 aromatic rings. The van der Waals surface area contributed by atoms with Gasteiger partial charge in [-0.25, -0.2) is 4.98 Å². The minimum Gasteiger partial charge on any atom is -0.434 e. The molecule has 0 radical (unpaired) electrons. The van der Waals surface area contributed by atoms with Gasteiger partial charge in [0.15, 0.2) is 0 Å². The number of fused-ring (bicyclic) bond motifs is 9. The van der Waals surface area contributed by atoms with E-state index in [-0.39, 0.29) is 23.3 Å². The predicted molar refractivity (Wildman–Crippen MR) is 112 cm³/mol. The fourth-order valence-corrected chi connectivity index (χ4v) is 4.78. The molecule has 2 N–H and O–H groups in total. The molecule has 2 aromatic carbocycles. The van der Waals surface area contributed by atoms with Crippen LogP contribution in [0.5, 0.6) is 5.75 Å². The average Bonchev–Trinajstić information content (AvgIpc) is 3.26. The van der Waals surface area contributed by atoms with Crippen LogP contribution in [0, 0.1) is 0 Å². The third kappa shape index (κ3) is 2.74. The average molecular weight is 434 g/mol. The van der Waals surface area contributed by atoms with E-state index in [9.17, 15) is 18.4 Å². The van der Waals surface area contributed by atoms with E-state index >= 15 is 0 Å². The van der Waals surface area contributed by atoms with Crippen LogP contribution < -0.4 is 15.6 Å². The summed E-state index contributed by atoms with van der Waals surface area (Å²) in [4.78, 5) is 31.6. The van der Waals surface area contributed by atoms with Crippen LogP contribution in [0.4, 0.5) is 8.78 Å². The summed E-state index contributed by atoms with van der Waals surface area (Å²) in [7, 11) is 0. The number of hydrogen-bond acceptors (Lipinski definition) is 4. The summed E-state index contributed by atoms with van der Waals surface area (Å²) in [6, 6.07) is 12.8. The molecule has 160 valence electrons. The van der Waals surface area contributed by atoms with E-state index in [4.69, 9.17) is 9.72 Å². The molecule has 1 amide bonds. The fraction of sp³-hybridized carbons (Fsp3) is 0.174. The molecule has 0 saturated carbocycles. The molecule has 2 atom stereocenters. The van der Waals surface area contributed by atoms with Gasteiger partial charge in [0.1, 0.15) is 11.6 Å². The van der Waals surface area contributed by atoms with Crippen molar-refractivity contribution >= 4 is 16.9 Å². The maximum absolute atomic E-state index is 13.1. The summed E-state index contributed by atoms with van der Waals surface area (Å²) < 4.78 is 33.0. The first-order valence-corrected chi connectivity index (χ1v) is 10.1. The number of carbonyl (C=O) groups is 1.